The fraction of sp³-hybridized carbons (Fsp3) is 0.400. The van der Waals surface area contributed by atoms with Crippen LogP contribution >= 0.6 is 0 Å². The first-order chi connectivity index (χ1) is 10.2. The summed E-state index contributed by atoms with van der Waals surface area (Å²) < 4.78 is 0. The minimum atomic E-state index is 0.822. The molecule has 1 heteroatoms. The first kappa shape index (κ1) is 24.3. The quantitative estimate of drug-likeness (QED) is 0.534. The molecule has 0 aromatic heterocycles. The summed E-state index contributed by atoms with van der Waals surface area (Å²) in [6, 6.07) is 19.7. The van der Waals surface area contributed by atoms with Gasteiger partial charge in [0, 0.05) is 5.69 Å². The fourth-order valence-electron chi connectivity index (χ4n) is 0.987. The maximum Gasteiger partial charge on any atom is 0.0313 e. The van der Waals surface area contributed by atoms with Crippen molar-refractivity contribution in [2.24, 2.45) is 0 Å². The molecule has 2 N–H and O–H groups in total. The van der Waals surface area contributed by atoms with Crippen LogP contribution in [-0.2, 0) is 0 Å². The summed E-state index contributed by atoms with van der Waals surface area (Å²) in [4.78, 5) is 0. The number of nitrogens with two attached hydrogens (primary N) is 1. The Labute approximate surface area is 133 Å². The van der Waals surface area contributed by atoms with Crippen molar-refractivity contribution < 1.29 is 0 Å². The van der Waals surface area contributed by atoms with Gasteiger partial charge in [-0.1, -0.05) is 102 Å². The van der Waals surface area contributed by atoms with Crippen molar-refractivity contribution >= 4 is 5.69 Å². The number of benzene rings is 2. The van der Waals surface area contributed by atoms with Gasteiger partial charge in [-0.3, -0.25) is 0 Å². The van der Waals surface area contributed by atoms with Gasteiger partial charge in [-0.05, 0) is 19.1 Å². The largest absolute Gasteiger partial charge is 0.399 e. The molecule has 0 heterocycles. The molecule has 0 saturated carbocycles. The predicted molar refractivity (Wildman–Crippen MR) is 101 cm³/mol. The number of anilines is 1. The zero-order valence-electron chi connectivity index (χ0n) is 15.1. The molecule has 2 aromatic carbocycles. The van der Waals surface area contributed by atoms with Gasteiger partial charge in [-0.2, -0.15) is 0 Å². The molecule has 21 heavy (non-hydrogen) atoms. The Morgan fingerprint density at radius 2 is 0.952 bits per heavy atom. The van der Waals surface area contributed by atoms with Gasteiger partial charge >= 0.3 is 0 Å². The zero-order chi connectivity index (χ0) is 16.9. The molecule has 120 valence electrons. The molecule has 0 fully saturated rings. The molecule has 0 unspecified atom stereocenters. The van der Waals surface area contributed by atoms with E-state index >= 15 is 0 Å². The van der Waals surface area contributed by atoms with Crippen molar-refractivity contribution in [1.29, 1.82) is 0 Å². The Kier molecular flexibility index (Phi) is 27.0. The van der Waals surface area contributed by atoms with Gasteiger partial charge in [0.25, 0.3) is 0 Å². The molecule has 0 radical (unpaired) electrons. The molecule has 2 aromatic rings. The summed E-state index contributed by atoms with van der Waals surface area (Å²) in [7, 11) is 0. The second-order valence-electron chi connectivity index (χ2n) is 3.77. The molecule has 0 spiro atoms. The predicted octanol–water partition coefficient (Wildman–Crippen LogP) is 6.73. The van der Waals surface area contributed by atoms with E-state index in [1.807, 2.05) is 76.2 Å². The van der Waals surface area contributed by atoms with E-state index in [9.17, 15) is 0 Å². The van der Waals surface area contributed by atoms with E-state index in [0.29, 0.717) is 0 Å². The minimum Gasteiger partial charge on any atom is -0.399 e. The van der Waals surface area contributed by atoms with Gasteiger partial charge in [0.2, 0.25) is 0 Å². The molecule has 0 amide bonds. The highest BCUT2D eigenvalue weighted by molar-refractivity contribution is 5.35. The third kappa shape index (κ3) is 23.7. The number of hydrogen-bond donors (Lipinski definition) is 1. The Balaban J connectivity index is -0.000000219. The van der Waals surface area contributed by atoms with E-state index in [4.69, 9.17) is 5.73 Å². The summed E-state index contributed by atoms with van der Waals surface area (Å²) in [6.45, 7) is 14.3. The summed E-state index contributed by atoms with van der Waals surface area (Å²) in [5, 5.41) is 0. The highest BCUT2D eigenvalue weighted by Crippen LogP contribution is 1.96. The van der Waals surface area contributed by atoms with Gasteiger partial charge < -0.3 is 5.73 Å². The standard InChI is InChI=1S/C7H8.C6H7N.C3H8.2C2H6/c1-7-5-3-2-4-6-7;7-6-4-2-1-3-5-6;1-3-2;2*1-2/h2-6H,1H3;1-5H,7H2;3H2,1-2H3;2*1-2H3. The van der Waals surface area contributed by atoms with E-state index in [0.717, 1.165) is 5.69 Å². The smallest absolute Gasteiger partial charge is 0.0313 e. The molecule has 1 nitrogen and oxygen atoms in total. The van der Waals surface area contributed by atoms with Crippen molar-refractivity contribution in [2.45, 2.75) is 54.9 Å². The molecular formula is C20H35N. The molecule has 2 rings (SSSR count). The van der Waals surface area contributed by atoms with Crippen LogP contribution in [0.3, 0.4) is 0 Å². The molecule has 0 aliphatic heterocycles. The minimum absolute atomic E-state index is 0.822. The number of para-hydroxylation sites is 1. The molecule has 0 aliphatic carbocycles. The maximum atomic E-state index is 5.36. The van der Waals surface area contributed by atoms with E-state index in [-0.39, 0.29) is 0 Å². The molecule has 0 bridgehead atoms. The topological polar surface area (TPSA) is 26.0 Å². The van der Waals surface area contributed by atoms with Gasteiger partial charge in [0.1, 0.15) is 0 Å². The normalized spacial score (nSPS) is 7.19. The van der Waals surface area contributed by atoms with Crippen LogP contribution in [0.2, 0.25) is 0 Å². The summed E-state index contributed by atoms with van der Waals surface area (Å²) in [5.41, 5.74) is 7.50. The third-order valence-corrected chi connectivity index (χ3v) is 1.74. The van der Waals surface area contributed by atoms with Crippen LogP contribution in [0.15, 0.2) is 60.7 Å². The van der Waals surface area contributed by atoms with Crippen molar-refractivity contribution in [3.63, 3.8) is 0 Å². The number of aryl methyl sites for hydroxylation is 1. The second-order valence-corrected chi connectivity index (χ2v) is 3.77. The van der Waals surface area contributed by atoms with Gasteiger partial charge in [-0.25, -0.2) is 0 Å². The van der Waals surface area contributed by atoms with Crippen LogP contribution < -0.4 is 5.73 Å². The average Bonchev–Trinajstić information content (AvgIpc) is 2.54. The Bertz CT molecular complexity index is 317. The van der Waals surface area contributed by atoms with Crippen LogP contribution in [0.25, 0.3) is 0 Å². The Morgan fingerprint density at radius 1 is 0.667 bits per heavy atom. The lowest BCUT2D eigenvalue weighted by Crippen LogP contribution is -1.79. The van der Waals surface area contributed by atoms with Gasteiger partial charge in [0.05, 0.1) is 0 Å². The lowest BCUT2D eigenvalue weighted by Gasteiger charge is -1.83. The van der Waals surface area contributed by atoms with E-state index in [1.54, 1.807) is 0 Å². The molecule has 0 saturated heterocycles. The lowest BCUT2D eigenvalue weighted by molar-refractivity contribution is 1.09. The summed E-state index contributed by atoms with van der Waals surface area (Å²) >= 11 is 0. The molecule has 0 atom stereocenters. The second kappa shape index (κ2) is 23.3. The fourth-order valence-corrected chi connectivity index (χ4v) is 0.987. The van der Waals surface area contributed by atoms with Crippen molar-refractivity contribution in [3.05, 3.63) is 66.2 Å². The van der Waals surface area contributed by atoms with Crippen molar-refractivity contribution in [2.75, 3.05) is 5.73 Å². The molecule has 0 aliphatic rings. The van der Waals surface area contributed by atoms with Crippen LogP contribution in [-0.4, -0.2) is 0 Å². The van der Waals surface area contributed by atoms with E-state index < -0.39 is 0 Å². The average molecular weight is 290 g/mol. The van der Waals surface area contributed by atoms with Crippen LogP contribution in [0.4, 0.5) is 5.69 Å². The van der Waals surface area contributed by atoms with Crippen LogP contribution in [0.5, 0.6) is 0 Å². The highest BCUT2D eigenvalue weighted by Gasteiger charge is 1.72. The maximum absolute atomic E-state index is 5.36. The van der Waals surface area contributed by atoms with Crippen LogP contribution in [0, 0.1) is 6.92 Å². The molecular weight excluding hydrogens is 254 g/mol. The summed E-state index contributed by atoms with van der Waals surface area (Å²) in [5.74, 6) is 0. The Morgan fingerprint density at radius 3 is 1.10 bits per heavy atom. The van der Waals surface area contributed by atoms with Crippen molar-refractivity contribution in [1.82, 2.24) is 0 Å². The highest BCUT2D eigenvalue weighted by atomic mass is 14.5. The third-order valence-electron chi connectivity index (χ3n) is 1.74. The van der Waals surface area contributed by atoms with E-state index in [1.165, 1.54) is 12.0 Å². The monoisotopic (exact) mass is 289 g/mol. The number of hydrogen-bond acceptors (Lipinski definition) is 1. The number of rotatable bonds is 0. The van der Waals surface area contributed by atoms with Crippen molar-refractivity contribution in [3.8, 4) is 0 Å². The Hall–Kier alpha value is -1.76. The first-order valence-electron chi connectivity index (χ1n) is 8.02. The van der Waals surface area contributed by atoms with Crippen LogP contribution in [0.1, 0.15) is 53.5 Å². The number of nitrogen functional groups attached to an aromatic ring is 1. The van der Waals surface area contributed by atoms with E-state index in [2.05, 4.69) is 32.9 Å². The zero-order valence-corrected chi connectivity index (χ0v) is 15.1. The first-order valence-corrected chi connectivity index (χ1v) is 8.02. The summed E-state index contributed by atoms with van der Waals surface area (Å²) in [6.07, 6.45) is 1.25. The SMILES string of the molecule is CC.CC.CCC.Cc1ccccc1.Nc1ccccc1. The lowest BCUT2D eigenvalue weighted by atomic mass is 10.2. The van der Waals surface area contributed by atoms with Gasteiger partial charge in [-0.15, -0.1) is 0 Å². The van der Waals surface area contributed by atoms with Gasteiger partial charge in [0.15, 0.2) is 0 Å².